The van der Waals surface area contributed by atoms with E-state index in [1.54, 1.807) is 23.1 Å². The lowest BCUT2D eigenvalue weighted by Crippen LogP contribution is -2.32. The number of aliphatic hydroxyl groups excluding tert-OH is 1. The fourth-order valence-electron chi connectivity index (χ4n) is 4.15. The first-order chi connectivity index (χ1) is 15.3. The van der Waals surface area contributed by atoms with Crippen LogP contribution in [0.25, 0.3) is 5.76 Å². The summed E-state index contributed by atoms with van der Waals surface area (Å²) in [5.74, 6) is -0.644. The second-order valence-electron chi connectivity index (χ2n) is 8.42. The van der Waals surface area contributed by atoms with E-state index in [1.165, 1.54) is 0 Å². The van der Waals surface area contributed by atoms with Crippen molar-refractivity contribution in [2.45, 2.75) is 33.2 Å². The van der Waals surface area contributed by atoms with Crippen molar-refractivity contribution in [2.24, 2.45) is 0 Å². The van der Waals surface area contributed by atoms with Crippen molar-refractivity contribution >= 4 is 17.4 Å². The first-order valence-corrected chi connectivity index (χ1v) is 11.0. The van der Waals surface area contributed by atoms with Crippen LogP contribution in [-0.4, -0.2) is 60.4 Å². The molecule has 32 heavy (non-hydrogen) atoms. The summed E-state index contributed by atoms with van der Waals surface area (Å²) < 4.78 is 5.59. The zero-order valence-electron chi connectivity index (χ0n) is 19.5. The van der Waals surface area contributed by atoms with Gasteiger partial charge in [0.1, 0.15) is 11.5 Å². The number of Topliss-reactive ketones (excluding diaryl/α,β-unsaturated/α-hetero) is 1. The van der Waals surface area contributed by atoms with Crippen LogP contribution in [0.3, 0.4) is 0 Å². The molecule has 0 bridgehead atoms. The fourth-order valence-corrected chi connectivity index (χ4v) is 4.15. The highest BCUT2D eigenvalue weighted by atomic mass is 16.5. The van der Waals surface area contributed by atoms with Crippen LogP contribution in [0, 0.1) is 13.8 Å². The number of carbonyl (C=O) groups excluding carboxylic acids is 2. The maximum Gasteiger partial charge on any atom is 0.295 e. The summed E-state index contributed by atoms with van der Waals surface area (Å²) in [6.45, 7) is 7.52. The Morgan fingerprint density at radius 1 is 1.09 bits per heavy atom. The average molecular weight is 437 g/mol. The largest absolute Gasteiger partial charge is 0.507 e. The molecule has 6 nitrogen and oxygen atoms in total. The molecule has 0 saturated carbocycles. The number of aryl methyl sites for hydroxylation is 2. The number of nitrogens with zero attached hydrogens (tertiary/aromatic N) is 2. The lowest BCUT2D eigenvalue weighted by molar-refractivity contribution is -0.139. The molecule has 2 aromatic carbocycles. The van der Waals surface area contributed by atoms with Crippen molar-refractivity contribution in [3.05, 3.63) is 70.3 Å². The van der Waals surface area contributed by atoms with Crippen molar-refractivity contribution in [1.29, 1.82) is 0 Å². The SMILES string of the molecule is CCOc1ccc(/C(O)=C2\C(=O)C(=O)N(CCCN(C)C)C2c2ccccc2C)cc1C. The molecule has 1 aliphatic rings. The molecule has 6 heteroatoms. The highest BCUT2D eigenvalue weighted by Crippen LogP contribution is 2.40. The minimum absolute atomic E-state index is 0.137. The highest BCUT2D eigenvalue weighted by Gasteiger charge is 2.46. The third-order valence-corrected chi connectivity index (χ3v) is 5.78. The second kappa shape index (κ2) is 10.0. The first kappa shape index (κ1) is 23.5. The van der Waals surface area contributed by atoms with E-state index in [0.29, 0.717) is 18.7 Å². The second-order valence-corrected chi connectivity index (χ2v) is 8.42. The number of ketones is 1. The molecule has 0 aliphatic carbocycles. The molecule has 0 radical (unpaired) electrons. The molecule has 0 spiro atoms. The Morgan fingerprint density at radius 3 is 2.44 bits per heavy atom. The van der Waals surface area contributed by atoms with Crippen LogP contribution < -0.4 is 4.74 Å². The summed E-state index contributed by atoms with van der Waals surface area (Å²) in [6, 6.07) is 12.4. The quantitative estimate of drug-likeness (QED) is 0.384. The number of amides is 1. The maximum atomic E-state index is 13.1. The zero-order valence-corrected chi connectivity index (χ0v) is 19.5. The van der Waals surface area contributed by atoms with Crippen molar-refractivity contribution in [2.75, 3.05) is 33.8 Å². The monoisotopic (exact) mass is 436 g/mol. The van der Waals surface area contributed by atoms with Crippen molar-refractivity contribution < 1.29 is 19.4 Å². The summed E-state index contributed by atoms with van der Waals surface area (Å²) in [5.41, 5.74) is 3.30. The molecule has 1 unspecified atom stereocenters. The number of hydrogen-bond acceptors (Lipinski definition) is 5. The number of benzene rings is 2. The molecule has 1 atom stereocenters. The van der Waals surface area contributed by atoms with Gasteiger partial charge in [0.15, 0.2) is 0 Å². The molecule has 3 rings (SSSR count). The topological polar surface area (TPSA) is 70.1 Å². The Balaban J connectivity index is 2.11. The van der Waals surface area contributed by atoms with Gasteiger partial charge >= 0.3 is 0 Å². The van der Waals surface area contributed by atoms with Gasteiger partial charge in [-0.3, -0.25) is 9.59 Å². The molecule has 1 saturated heterocycles. The van der Waals surface area contributed by atoms with Gasteiger partial charge in [-0.15, -0.1) is 0 Å². The van der Waals surface area contributed by atoms with Crippen molar-refractivity contribution in [1.82, 2.24) is 9.80 Å². The standard InChI is InChI=1S/C26H32N2O4/c1-6-32-21-13-12-19(16-18(21)3)24(29)22-23(20-11-8-7-10-17(20)2)28(26(31)25(22)30)15-9-14-27(4)5/h7-8,10-13,16,23,29H,6,9,14-15H2,1-5H3/b24-22+. The Labute approximate surface area is 190 Å². The van der Waals surface area contributed by atoms with Gasteiger partial charge in [-0.05, 0) is 82.7 Å². The number of hydrogen-bond donors (Lipinski definition) is 1. The maximum absolute atomic E-state index is 13.1. The summed E-state index contributed by atoms with van der Waals surface area (Å²) in [6.07, 6.45) is 0.727. The number of carbonyl (C=O) groups is 2. The molecule has 1 aliphatic heterocycles. The Hall–Kier alpha value is -3.12. The van der Waals surface area contributed by atoms with E-state index < -0.39 is 17.7 Å². The first-order valence-electron chi connectivity index (χ1n) is 11.0. The number of likely N-dealkylation sites (tertiary alicyclic amines) is 1. The summed E-state index contributed by atoms with van der Waals surface area (Å²) in [5, 5.41) is 11.2. The average Bonchev–Trinajstić information content (AvgIpc) is 3.00. The van der Waals surface area contributed by atoms with Gasteiger partial charge in [0, 0.05) is 12.1 Å². The molecule has 1 N–H and O–H groups in total. The van der Waals surface area contributed by atoms with Crippen molar-refractivity contribution in [3.8, 4) is 5.75 Å². The van der Waals surface area contributed by atoms with Crippen molar-refractivity contribution in [3.63, 3.8) is 0 Å². The molecular weight excluding hydrogens is 404 g/mol. The zero-order chi connectivity index (χ0) is 23.4. The number of ether oxygens (including phenoxy) is 1. The van der Waals surface area contributed by atoms with Gasteiger partial charge < -0.3 is 19.6 Å². The predicted molar refractivity (Wildman–Crippen MR) is 126 cm³/mol. The van der Waals surface area contributed by atoms with Crippen LogP contribution in [0.1, 0.15) is 41.6 Å². The van der Waals surface area contributed by atoms with Gasteiger partial charge in [-0.1, -0.05) is 24.3 Å². The van der Waals surface area contributed by atoms with Gasteiger partial charge in [0.2, 0.25) is 0 Å². The van der Waals surface area contributed by atoms with E-state index in [4.69, 9.17) is 4.74 Å². The third-order valence-electron chi connectivity index (χ3n) is 5.78. The molecule has 1 heterocycles. The molecule has 1 amide bonds. The summed E-state index contributed by atoms with van der Waals surface area (Å²) >= 11 is 0. The van der Waals surface area contributed by atoms with Gasteiger partial charge in [-0.2, -0.15) is 0 Å². The highest BCUT2D eigenvalue weighted by molar-refractivity contribution is 6.46. The Morgan fingerprint density at radius 2 is 1.81 bits per heavy atom. The van der Waals surface area contributed by atoms with Crippen LogP contribution in [0.15, 0.2) is 48.0 Å². The Bertz CT molecular complexity index is 1040. The van der Waals surface area contributed by atoms with E-state index in [2.05, 4.69) is 0 Å². The van der Waals surface area contributed by atoms with E-state index in [9.17, 15) is 14.7 Å². The van der Waals surface area contributed by atoms with Crippen LogP contribution >= 0.6 is 0 Å². The van der Waals surface area contributed by atoms with E-state index in [0.717, 1.165) is 35.4 Å². The number of aliphatic hydroxyl groups is 1. The van der Waals surface area contributed by atoms with Crippen LogP contribution in [0.4, 0.5) is 0 Å². The molecule has 1 fully saturated rings. The predicted octanol–water partition coefficient (Wildman–Crippen LogP) is 4.08. The minimum atomic E-state index is -0.646. The van der Waals surface area contributed by atoms with Gasteiger partial charge in [0.25, 0.3) is 11.7 Å². The molecule has 2 aromatic rings. The molecular formula is C26H32N2O4. The number of rotatable bonds is 8. The normalized spacial score (nSPS) is 17.9. The summed E-state index contributed by atoms with van der Waals surface area (Å²) in [4.78, 5) is 29.8. The lowest BCUT2D eigenvalue weighted by atomic mass is 9.92. The Kier molecular flexibility index (Phi) is 7.36. The van der Waals surface area contributed by atoms with E-state index >= 15 is 0 Å². The van der Waals surface area contributed by atoms with Crippen LogP contribution in [0.5, 0.6) is 5.75 Å². The van der Waals surface area contributed by atoms with Crippen LogP contribution in [0.2, 0.25) is 0 Å². The van der Waals surface area contributed by atoms with Gasteiger partial charge in [-0.25, -0.2) is 0 Å². The lowest BCUT2D eigenvalue weighted by Gasteiger charge is -2.27. The van der Waals surface area contributed by atoms with Crippen LogP contribution in [-0.2, 0) is 9.59 Å². The molecule has 0 aromatic heterocycles. The molecule has 170 valence electrons. The fraction of sp³-hybridized carbons (Fsp3) is 0.385. The van der Waals surface area contributed by atoms with Gasteiger partial charge in [0.05, 0.1) is 18.2 Å². The minimum Gasteiger partial charge on any atom is -0.507 e. The smallest absolute Gasteiger partial charge is 0.295 e. The van der Waals surface area contributed by atoms with E-state index in [-0.39, 0.29) is 11.3 Å². The van der Waals surface area contributed by atoms with E-state index in [1.807, 2.05) is 64.0 Å². The third kappa shape index (κ3) is 4.70. The summed E-state index contributed by atoms with van der Waals surface area (Å²) in [7, 11) is 3.95.